The van der Waals surface area contributed by atoms with E-state index >= 15 is 0 Å². The topological polar surface area (TPSA) is 227 Å². The minimum atomic E-state index is -1.14. The van der Waals surface area contributed by atoms with E-state index in [1.807, 2.05) is 49.5 Å². The van der Waals surface area contributed by atoms with Crippen LogP contribution in [0.2, 0.25) is 0 Å². The first-order valence-corrected chi connectivity index (χ1v) is 20.8. The van der Waals surface area contributed by atoms with Gasteiger partial charge in [0.2, 0.25) is 11.8 Å². The average Bonchev–Trinajstić information content (AvgIpc) is 4.14. The molecule has 0 aliphatic rings. The summed E-state index contributed by atoms with van der Waals surface area (Å²) in [5.74, 6) is -3.32. The molecule has 0 aliphatic heterocycles. The van der Waals surface area contributed by atoms with Gasteiger partial charge in [-0.3, -0.25) is 20.0 Å². The fourth-order valence-electron chi connectivity index (χ4n) is 6.16. The SMILES string of the molecule is CCOC(=O)c1nn(-c2ccc(-c3cncs3)cc2)c(O)c1C=Nc1ccccc1C(=O)O.CCc1nn(-c2ccc(-c3cncs3)cc2)c(O)c1C=Nc1ccccc1C(=O)O.[Co]. The Morgan fingerprint density at radius 2 is 1.11 bits per heavy atom. The molecule has 16 nitrogen and oxygen atoms in total. The van der Waals surface area contributed by atoms with Crippen molar-refractivity contribution >= 4 is 64.4 Å². The molecule has 19 heteroatoms. The molecule has 8 aromatic rings. The van der Waals surface area contributed by atoms with E-state index in [1.54, 1.807) is 77.9 Å². The van der Waals surface area contributed by atoms with Crippen LogP contribution < -0.4 is 0 Å². The molecule has 0 saturated carbocycles. The molecule has 0 aliphatic carbocycles. The fourth-order valence-corrected chi connectivity index (χ4v) is 7.42. The maximum Gasteiger partial charge on any atom is 0.359 e. The Hall–Kier alpha value is -7.58. The van der Waals surface area contributed by atoms with Crippen molar-refractivity contribution in [1.29, 1.82) is 0 Å². The number of esters is 1. The number of ether oxygens (including phenoxy) is 1. The molecule has 64 heavy (non-hydrogen) atoms. The summed E-state index contributed by atoms with van der Waals surface area (Å²) in [6.45, 7) is 3.71. The summed E-state index contributed by atoms with van der Waals surface area (Å²) in [5, 5.41) is 49.1. The number of benzene rings is 4. The monoisotopic (exact) mass is 939 g/mol. The van der Waals surface area contributed by atoms with Crippen molar-refractivity contribution in [2.75, 3.05) is 6.61 Å². The molecule has 325 valence electrons. The van der Waals surface area contributed by atoms with E-state index in [0.29, 0.717) is 34.7 Å². The Morgan fingerprint density at radius 1 is 0.656 bits per heavy atom. The minimum Gasteiger partial charge on any atom is -0.493 e. The van der Waals surface area contributed by atoms with Gasteiger partial charge in [0.25, 0.3) is 0 Å². The summed E-state index contributed by atoms with van der Waals surface area (Å²) in [6, 6.07) is 27.5. The van der Waals surface area contributed by atoms with E-state index in [0.717, 1.165) is 20.9 Å². The van der Waals surface area contributed by atoms with Gasteiger partial charge in [-0.15, -0.1) is 22.7 Å². The number of nitrogens with zero attached hydrogens (tertiary/aromatic N) is 8. The number of aromatic nitrogens is 6. The van der Waals surface area contributed by atoms with Crippen LogP contribution in [0.4, 0.5) is 11.4 Å². The van der Waals surface area contributed by atoms with Crippen LogP contribution in [0.5, 0.6) is 11.8 Å². The van der Waals surface area contributed by atoms with Crippen molar-refractivity contribution in [1.82, 2.24) is 29.5 Å². The summed E-state index contributed by atoms with van der Waals surface area (Å²) in [4.78, 5) is 54.0. The summed E-state index contributed by atoms with van der Waals surface area (Å²) in [7, 11) is 0. The third kappa shape index (κ3) is 10.2. The first-order chi connectivity index (χ1) is 30.6. The Bertz CT molecular complexity index is 2950. The first kappa shape index (κ1) is 45.9. The molecular weight excluding hydrogens is 904 g/mol. The molecule has 0 spiro atoms. The Balaban J connectivity index is 0.000000210. The first-order valence-electron chi connectivity index (χ1n) is 19.1. The van der Waals surface area contributed by atoms with Gasteiger partial charge in [-0.1, -0.05) is 55.5 Å². The number of aromatic carboxylic acids is 2. The van der Waals surface area contributed by atoms with E-state index < -0.39 is 17.9 Å². The van der Waals surface area contributed by atoms with Crippen LogP contribution >= 0.6 is 22.7 Å². The molecule has 4 heterocycles. The van der Waals surface area contributed by atoms with Crippen LogP contribution in [0.3, 0.4) is 0 Å². The second-order valence-corrected chi connectivity index (χ2v) is 14.9. The van der Waals surface area contributed by atoms with Crippen LogP contribution in [-0.4, -0.2) is 86.9 Å². The molecule has 4 aromatic heterocycles. The van der Waals surface area contributed by atoms with Crippen molar-refractivity contribution < 1.29 is 56.3 Å². The number of carboxylic acid groups (broad SMARTS) is 2. The van der Waals surface area contributed by atoms with Gasteiger partial charge in [-0.25, -0.2) is 19.1 Å². The van der Waals surface area contributed by atoms with Gasteiger partial charge in [0.05, 0.1) is 78.1 Å². The molecule has 0 bridgehead atoms. The number of hydrogen-bond donors (Lipinski definition) is 4. The predicted molar refractivity (Wildman–Crippen MR) is 239 cm³/mol. The van der Waals surface area contributed by atoms with E-state index in [1.165, 1.54) is 51.3 Å². The van der Waals surface area contributed by atoms with Crippen LogP contribution in [0.1, 0.15) is 61.9 Å². The predicted octanol–water partition coefficient (Wildman–Crippen LogP) is 9.04. The van der Waals surface area contributed by atoms with Gasteiger partial charge in [0.15, 0.2) is 5.69 Å². The summed E-state index contributed by atoms with van der Waals surface area (Å²) < 4.78 is 7.73. The van der Waals surface area contributed by atoms with Crippen LogP contribution in [0.15, 0.2) is 130 Å². The second-order valence-electron chi connectivity index (χ2n) is 13.2. The normalized spacial score (nSPS) is 11.0. The number of carbonyl (C=O) groups is 3. The molecule has 0 amide bonds. The average molecular weight is 940 g/mol. The molecular formula is C45H36CoN8O8S2. The number of aromatic hydroxyl groups is 2. The van der Waals surface area contributed by atoms with Crippen molar-refractivity contribution in [2.24, 2.45) is 9.98 Å². The number of hydrogen-bond acceptors (Lipinski definition) is 14. The third-order valence-electron chi connectivity index (χ3n) is 9.27. The zero-order valence-electron chi connectivity index (χ0n) is 33.8. The molecule has 0 fully saturated rings. The maximum atomic E-state index is 12.5. The summed E-state index contributed by atoms with van der Waals surface area (Å²) >= 11 is 3.06. The van der Waals surface area contributed by atoms with Gasteiger partial charge in [-0.2, -0.15) is 14.9 Å². The van der Waals surface area contributed by atoms with Crippen LogP contribution in [-0.2, 0) is 27.9 Å². The van der Waals surface area contributed by atoms with Crippen LogP contribution in [0.25, 0.3) is 32.3 Å². The molecule has 8 rings (SSSR count). The zero-order valence-corrected chi connectivity index (χ0v) is 36.4. The zero-order chi connectivity index (χ0) is 44.5. The molecule has 0 unspecified atom stereocenters. The number of thiazole rings is 2. The Kier molecular flexibility index (Phi) is 15.1. The van der Waals surface area contributed by atoms with Crippen molar-refractivity contribution in [2.45, 2.75) is 20.3 Å². The Morgan fingerprint density at radius 3 is 1.55 bits per heavy atom. The number of para-hydroxylation sites is 2. The number of carboxylic acids is 2. The standard InChI is InChI=1S/C23H18N4O5S.C22H18N4O3S.Co/c1-2-32-23(31)20-17(11-25-18-6-4-3-5-16(18)22(29)30)21(28)27(26-20)15-9-7-14(8-10-15)19-12-24-13-33-19;1-2-18-17(11-24-19-6-4-3-5-16(19)22(28)29)21(27)26(25-18)15-9-7-14(8-10-15)20-12-23-13-30-20;/h3-13,28H,2H2,1H3,(H,29,30);3-13,27H,2H2,1H3,(H,28,29);. The van der Waals surface area contributed by atoms with Crippen molar-refractivity contribution in [3.05, 3.63) is 154 Å². The number of aryl methyl sites for hydroxylation is 1. The summed E-state index contributed by atoms with van der Waals surface area (Å²) in [6.07, 6.45) is 6.82. The quantitative estimate of drug-likeness (QED) is 0.0627. The number of rotatable bonds is 13. The van der Waals surface area contributed by atoms with Crippen molar-refractivity contribution in [3.63, 3.8) is 0 Å². The number of aliphatic imine (C=N–C) groups is 2. The smallest absolute Gasteiger partial charge is 0.359 e. The molecule has 0 saturated heterocycles. The van der Waals surface area contributed by atoms with Crippen LogP contribution in [0, 0.1) is 0 Å². The van der Waals surface area contributed by atoms with Gasteiger partial charge in [-0.05, 0) is 73.0 Å². The third-order valence-corrected chi connectivity index (χ3v) is 10.9. The van der Waals surface area contributed by atoms with Crippen molar-refractivity contribution in [3.8, 4) is 44.0 Å². The van der Waals surface area contributed by atoms with Gasteiger partial charge in [0, 0.05) is 41.6 Å². The van der Waals surface area contributed by atoms with E-state index in [4.69, 9.17) is 4.74 Å². The van der Waals surface area contributed by atoms with Gasteiger partial charge >= 0.3 is 17.9 Å². The van der Waals surface area contributed by atoms with E-state index in [-0.39, 0.29) is 63.2 Å². The fraction of sp³-hybridized carbons (Fsp3) is 0.0889. The van der Waals surface area contributed by atoms with Gasteiger partial charge < -0.3 is 25.2 Å². The second kappa shape index (κ2) is 21.0. The van der Waals surface area contributed by atoms with Gasteiger partial charge in [0.1, 0.15) is 0 Å². The Labute approximate surface area is 383 Å². The largest absolute Gasteiger partial charge is 0.493 e. The number of carbonyl (C=O) groups excluding carboxylic acids is 1. The molecule has 0 atom stereocenters. The molecule has 4 aromatic carbocycles. The van der Waals surface area contributed by atoms with E-state index in [2.05, 4.69) is 30.2 Å². The maximum absolute atomic E-state index is 12.5. The minimum absolute atomic E-state index is 0. The summed E-state index contributed by atoms with van der Waals surface area (Å²) in [5.41, 5.74) is 8.28. The molecule has 4 N–H and O–H groups in total. The van der Waals surface area contributed by atoms with E-state index in [9.17, 15) is 34.8 Å². The molecule has 1 radical (unpaired) electrons.